The Hall–Kier alpha value is -3.34. The summed E-state index contributed by atoms with van der Waals surface area (Å²) in [6, 6.07) is -1.56. The van der Waals surface area contributed by atoms with Crippen molar-refractivity contribution >= 4 is 25.7 Å². The minimum Gasteiger partial charge on any atom is -0.480 e. The van der Waals surface area contributed by atoms with Crippen LogP contribution < -0.4 is 5.32 Å². The first-order chi connectivity index (χ1) is 28.1. The first-order valence-electron chi connectivity index (χ1n) is 21.6. The number of carbonyl (C=O) groups excluding carboxylic acids is 2. The molecule has 11 nitrogen and oxygen atoms in total. The van der Waals surface area contributed by atoms with Gasteiger partial charge in [0.25, 0.3) is 0 Å². The lowest BCUT2D eigenvalue weighted by Crippen LogP contribution is -2.43. The molecule has 0 aromatic rings. The summed E-state index contributed by atoms with van der Waals surface area (Å²) in [6.45, 7) is 2.37. The molecule has 1 amide bonds. The molecular weight excluding hydrogens is 757 g/mol. The monoisotopic (exact) mass is 834 g/mol. The lowest BCUT2D eigenvalue weighted by atomic mass is 10.1. The number of carboxylic acids is 1. The van der Waals surface area contributed by atoms with Crippen molar-refractivity contribution in [3.63, 3.8) is 0 Å². The maximum absolute atomic E-state index is 12.3. The highest BCUT2D eigenvalue weighted by molar-refractivity contribution is 7.47. The number of aliphatic carboxylic acids is 1. The molecule has 330 valence electrons. The standard InChI is InChI=1S/C46H76NO10P/c1-3-5-7-9-11-13-15-17-19-21-23-25-27-29-31-33-35-37-44(49)47-43(46(51)52)41-57-58(53,54)56-40-42(48)39-55-45(50)38-36-34-32-30-28-26-24-22-20-18-16-14-12-10-8-6-4-2/h5,7,11-14,17-20,24,26,30,32,42-43,48H,3-4,6,8-10,15-16,21-23,25,27-29,31,33-41H2,1-2H3,(H,47,49)(H,51,52)(H,53,54)/b7-5-,13-11-,14-12-,19-17-,20-18-,26-24-,32-30-. The predicted molar refractivity (Wildman–Crippen MR) is 235 cm³/mol. The summed E-state index contributed by atoms with van der Waals surface area (Å²) in [7, 11) is -4.78. The van der Waals surface area contributed by atoms with Gasteiger partial charge < -0.3 is 25.2 Å². The Balaban J connectivity index is 4.01. The normalized spacial score (nSPS) is 14.6. The number of carbonyl (C=O) groups is 3. The summed E-state index contributed by atoms with van der Waals surface area (Å²) in [6.07, 6.45) is 48.9. The topological polar surface area (TPSA) is 169 Å². The zero-order valence-electron chi connectivity index (χ0n) is 35.6. The van der Waals surface area contributed by atoms with Gasteiger partial charge in [-0.2, -0.15) is 0 Å². The number of rotatable bonds is 39. The molecule has 0 aliphatic carbocycles. The molecule has 12 heteroatoms. The lowest BCUT2D eigenvalue weighted by molar-refractivity contribution is -0.147. The van der Waals surface area contributed by atoms with E-state index in [0.29, 0.717) is 19.3 Å². The molecule has 0 fully saturated rings. The van der Waals surface area contributed by atoms with Gasteiger partial charge in [-0.05, 0) is 83.5 Å². The van der Waals surface area contributed by atoms with Crippen LogP contribution in [0.5, 0.6) is 0 Å². The average molecular weight is 834 g/mol. The molecule has 0 heterocycles. The van der Waals surface area contributed by atoms with E-state index >= 15 is 0 Å². The fourth-order valence-corrected chi connectivity index (χ4v) is 6.09. The number of hydrogen-bond donors (Lipinski definition) is 4. The Kier molecular flexibility index (Phi) is 38.1. The molecule has 0 radical (unpaired) electrons. The number of hydrogen-bond acceptors (Lipinski definition) is 8. The van der Waals surface area contributed by atoms with Crippen molar-refractivity contribution in [3.05, 3.63) is 85.1 Å². The zero-order valence-corrected chi connectivity index (χ0v) is 36.5. The van der Waals surface area contributed by atoms with Gasteiger partial charge in [0.05, 0.1) is 13.2 Å². The minimum absolute atomic E-state index is 0.126. The van der Waals surface area contributed by atoms with Crippen LogP contribution in [0.3, 0.4) is 0 Å². The maximum Gasteiger partial charge on any atom is 0.472 e. The number of allylic oxidation sites excluding steroid dienone is 14. The predicted octanol–water partition coefficient (Wildman–Crippen LogP) is 11.1. The molecule has 0 bridgehead atoms. The van der Waals surface area contributed by atoms with Crippen LogP contribution in [0.15, 0.2) is 85.1 Å². The Bertz CT molecular complexity index is 1300. The van der Waals surface area contributed by atoms with E-state index in [1.54, 1.807) is 0 Å². The number of amides is 1. The molecule has 0 saturated heterocycles. The van der Waals surface area contributed by atoms with Crippen molar-refractivity contribution in [2.75, 3.05) is 19.8 Å². The van der Waals surface area contributed by atoms with Crippen LogP contribution >= 0.6 is 7.82 Å². The molecular formula is C46H76NO10P. The fraction of sp³-hybridized carbons (Fsp3) is 0.630. The minimum atomic E-state index is -4.78. The second-order valence-corrected chi connectivity index (χ2v) is 15.6. The van der Waals surface area contributed by atoms with Crippen LogP contribution in [-0.4, -0.2) is 64.9 Å². The Morgan fingerprint density at radius 2 is 1.02 bits per heavy atom. The number of ether oxygens (including phenoxy) is 1. The summed E-state index contributed by atoms with van der Waals surface area (Å²) >= 11 is 0. The fourth-order valence-electron chi connectivity index (χ4n) is 5.32. The van der Waals surface area contributed by atoms with Gasteiger partial charge in [0.15, 0.2) is 6.04 Å². The molecule has 3 unspecified atom stereocenters. The first-order valence-corrected chi connectivity index (χ1v) is 23.1. The van der Waals surface area contributed by atoms with Gasteiger partial charge in [-0.1, -0.05) is 144 Å². The van der Waals surface area contributed by atoms with E-state index in [1.165, 1.54) is 19.3 Å². The van der Waals surface area contributed by atoms with Crippen LogP contribution in [0.2, 0.25) is 0 Å². The third kappa shape index (κ3) is 39.5. The van der Waals surface area contributed by atoms with Gasteiger partial charge >= 0.3 is 19.8 Å². The number of aliphatic hydroxyl groups excluding tert-OH is 1. The van der Waals surface area contributed by atoms with Gasteiger partial charge in [0.1, 0.15) is 12.7 Å². The van der Waals surface area contributed by atoms with Crippen molar-refractivity contribution in [2.24, 2.45) is 0 Å². The molecule has 0 aliphatic rings. The highest BCUT2D eigenvalue weighted by atomic mass is 31.2. The summed E-state index contributed by atoms with van der Waals surface area (Å²) in [5, 5.41) is 21.8. The highest BCUT2D eigenvalue weighted by Gasteiger charge is 2.28. The third-order valence-electron chi connectivity index (χ3n) is 8.67. The maximum atomic E-state index is 12.3. The van der Waals surface area contributed by atoms with Crippen molar-refractivity contribution in [2.45, 2.75) is 167 Å². The Morgan fingerprint density at radius 1 is 0.569 bits per heavy atom. The molecule has 0 aromatic carbocycles. The molecule has 0 saturated carbocycles. The van der Waals surface area contributed by atoms with E-state index in [0.717, 1.165) is 89.9 Å². The van der Waals surface area contributed by atoms with E-state index in [4.69, 9.17) is 13.8 Å². The number of carboxylic acid groups (broad SMARTS) is 1. The summed E-state index contributed by atoms with van der Waals surface area (Å²) in [5.74, 6) is -2.46. The van der Waals surface area contributed by atoms with E-state index in [-0.39, 0.29) is 12.8 Å². The molecule has 0 rings (SSSR count). The zero-order chi connectivity index (χ0) is 42.8. The largest absolute Gasteiger partial charge is 0.480 e. The first kappa shape index (κ1) is 54.7. The second kappa shape index (κ2) is 40.4. The molecule has 4 N–H and O–H groups in total. The molecule has 3 atom stereocenters. The van der Waals surface area contributed by atoms with Crippen LogP contribution in [0, 0.1) is 0 Å². The highest BCUT2D eigenvalue weighted by Crippen LogP contribution is 2.43. The van der Waals surface area contributed by atoms with E-state index in [1.807, 2.05) is 12.2 Å². The van der Waals surface area contributed by atoms with Crippen LogP contribution in [0.25, 0.3) is 0 Å². The SMILES string of the molecule is CC/C=C\C/C=C\C/C=C\CCCCCCCCCC(=O)NC(COP(=O)(O)OCC(O)COC(=O)CCC/C=C\C/C=C\C/C=C\C/C=C\CCCCC)C(=O)O. The van der Waals surface area contributed by atoms with Gasteiger partial charge in [0.2, 0.25) is 5.91 Å². The van der Waals surface area contributed by atoms with Crippen LogP contribution in [0.4, 0.5) is 0 Å². The number of aliphatic hydroxyl groups is 1. The van der Waals surface area contributed by atoms with E-state index in [9.17, 15) is 34.1 Å². The van der Waals surface area contributed by atoms with Gasteiger partial charge in [-0.3, -0.25) is 18.6 Å². The summed E-state index contributed by atoms with van der Waals surface area (Å²) in [4.78, 5) is 45.9. The van der Waals surface area contributed by atoms with Gasteiger partial charge in [-0.25, -0.2) is 9.36 Å². The average Bonchev–Trinajstić information content (AvgIpc) is 3.20. The van der Waals surface area contributed by atoms with Crippen LogP contribution in [0.1, 0.15) is 155 Å². The van der Waals surface area contributed by atoms with Crippen molar-refractivity contribution in [1.82, 2.24) is 5.32 Å². The molecule has 58 heavy (non-hydrogen) atoms. The number of phosphoric ester groups is 1. The van der Waals surface area contributed by atoms with E-state index in [2.05, 4.69) is 92.1 Å². The number of phosphoric acid groups is 1. The lowest BCUT2D eigenvalue weighted by Gasteiger charge is -2.18. The van der Waals surface area contributed by atoms with Gasteiger partial charge in [-0.15, -0.1) is 0 Å². The second-order valence-electron chi connectivity index (χ2n) is 14.1. The quantitative estimate of drug-likeness (QED) is 0.0202. The third-order valence-corrected chi connectivity index (χ3v) is 9.62. The van der Waals surface area contributed by atoms with Crippen LogP contribution in [-0.2, 0) is 32.7 Å². The van der Waals surface area contributed by atoms with Crippen molar-refractivity contribution < 1.29 is 47.8 Å². The molecule has 0 aromatic heterocycles. The molecule has 0 spiro atoms. The Morgan fingerprint density at radius 3 is 1.53 bits per heavy atom. The number of esters is 1. The van der Waals surface area contributed by atoms with Gasteiger partial charge in [0, 0.05) is 12.8 Å². The van der Waals surface area contributed by atoms with Crippen molar-refractivity contribution in [1.29, 1.82) is 0 Å². The summed E-state index contributed by atoms with van der Waals surface area (Å²) in [5.41, 5.74) is 0. The van der Waals surface area contributed by atoms with Crippen molar-refractivity contribution in [3.8, 4) is 0 Å². The van der Waals surface area contributed by atoms with E-state index < -0.39 is 57.6 Å². The Labute approximate surface area is 350 Å². The summed E-state index contributed by atoms with van der Waals surface area (Å²) < 4.78 is 26.8. The number of nitrogens with one attached hydrogen (secondary N) is 1. The smallest absolute Gasteiger partial charge is 0.472 e. The number of unbranched alkanes of at least 4 members (excludes halogenated alkanes) is 11. The molecule has 0 aliphatic heterocycles.